The van der Waals surface area contributed by atoms with Crippen LogP contribution in [-0.2, 0) is 39.3 Å². The quantitative estimate of drug-likeness (QED) is 0.181. The first-order valence-corrected chi connectivity index (χ1v) is 17.3. The number of nitrogens with one attached hydrogen (secondary N) is 2. The zero-order valence-corrected chi connectivity index (χ0v) is 28.7. The summed E-state index contributed by atoms with van der Waals surface area (Å²) in [5, 5.41) is 18.4. The number of aryl methyl sites for hydroxylation is 1. The second-order valence-corrected chi connectivity index (χ2v) is 13.1. The van der Waals surface area contributed by atoms with Crippen molar-refractivity contribution >= 4 is 40.6 Å². The van der Waals surface area contributed by atoms with Gasteiger partial charge in [0.1, 0.15) is 11.8 Å². The van der Waals surface area contributed by atoms with Crippen molar-refractivity contribution in [1.82, 2.24) is 20.5 Å². The summed E-state index contributed by atoms with van der Waals surface area (Å²) >= 11 is 0.664. The SMILES string of the molecule is CCc1ccc(CCOc2ccc(CC3SC(=O)N(C(=O)C[C@@H](NC(=O)c4ccc(C5(C(F)(F)F)N=N5)cc4)C(=O)NCCCO)C3=O)cc2)nc1. The van der Waals surface area contributed by atoms with E-state index in [1.807, 2.05) is 18.3 Å². The summed E-state index contributed by atoms with van der Waals surface area (Å²) in [4.78, 5) is 70.3. The molecule has 2 aliphatic heterocycles. The Kier molecular flexibility index (Phi) is 12.1. The molecule has 1 fully saturated rings. The molecule has 5 rings (SSSR count). The van der Waals surface area contributed by atoms with E-state index in [1.165, 1.54) is 0 Å². The molecule has 0 saturated carbocycles. The highest BCUT2D eigenvalue weighted by atomic mass is 32.2. The Morgan fingerprint density at radius 3 is 2.31 bits per heavy atom. The van der Waals surface area contributed by atoms with Gasteiger partial charge in [0.25, 0.3) is 17.1 Å². The van der Waals surface area contributed by atoms with Gasteiger partial charge in [0.2, 0.25) is 11.8 Å². The highest BCUT2D eigenvalue weighted by Crippen LogP contribution is 2.52. The highest BCUT2D eigenvalue weighted by molar-refractivity contribution is 8.15. The topological polar surface area (TPSA) is 180 Å². The summed E-state index contributed by atoms with van der Waals surface area (Å²) < 4.78 is 45.9. The Morgan fingerprint density at radius 1 is 1.02 bits per heavy atom. The predicted octanol–water partition coefficient (Wildman–Crippen LogP) is 4.27. The van der Waals surface area contributed by atoms with Crippen LogP contribution in [0.3, 0.4) is 0 Å². The van der Waals surface area contributed by atoms with Gasteiger partial charge in [-0.25, -0.2) is 4.90 Å². The van der Waals surface area contributed by atoms with Crippen molar-refractivity contribution in [1.29, 1.82) is 0 Å². The van der Waals surface area contributed by atoms with Gasteiger partial charge in [-0.05, 0) is 60.7 Å². The van der Waals surface area contributed by atoms with E-state index in [0.717, 1.165) is 41.9 Å². The normalized spacial score (nSPS) is 16.8. The lowest BCUT2D eigenvalue weighted by atomic mass is 10.0. The fourth-order valence-electron chi connectivity index (χ4n) is 5.26. The molecule has 5 amide bonds. The van der Waals surface area contributed by atoms with Crippen LogP contribution in [0, 0.1) is 0 Å². The molecule has 1 saturated heterocycles. The van der Waals surface area contributed by atoms with E-state index in [1.54, 1.807) is 24.3 Å². The molecule has 0 spiro atoms. The summed E-state index contributed by atoms with van der Waals surface area (Å²) in [5.74, 6) is -2.96. The van der Waals surface area contributed by atoms with Crippen LogP contribution in [0.15, 0.2) is 77.1 Å². The molecule has 1 aromatic heterocycles. The highest BCUT2D eigenvalue weighted by Gasteiger charge is 2.65. The van der Waals surface area contributed by atoms with E-state index < -0.39 is 58.4 Å². The molecule has 17 heteroatoms. The fourth-order valence-corrected chi connectivity index (χ4v) is 6.28. The molecular formula is C35H35F3N6O7S. The summed E-state index contributed by atoms with van der Waals surface area (Å²) in [6.45, 7) is 2.20. The van der Waals surface area contributed by atoms with Crippen LogP contribution in [0.5, 0.6) is 5.75 Å². The Bertz CT molecular complexity index is 1820. The van der Waals surface area contributed by atoms with Crippen molar-refractivity contribution < 1.29 is 47.0 Å². The number of halogens is 3. The third-order valence-electron chi connectivity index (χ3n) is 8.32. The lowest BCUT2D eigenvalue weighted by Gasteiger charge is -2.20. The Labute approximate surface area is 300 Å². The second-order valence-electron chi connectivity index (χ2n) is 11.9. The van der Waals surface area contributed by atoms with E-state index in [0.29, 0.717) is 41.0 Å². The maximum Gasteiger partial charge on any atom is 0.442 e. The van der Waals surface area contributed by atoms with Crippen molar-refractivity contribution in [2.45, 2.75) is 62.2 Å². The van der Waals surface area contributed by atoms with Crippen LogP contribution >= 0.6 is 11.8 Å². The molecular weight excluding hydrogens is 705 g/mol. The Morgan fingerprint density at radius 2 is 1.71 bits per heavy atom. The number of nitrogens with zero attached hydrogens (tertiary/aromatic N) is 4. The number of aliphatic hydroxyl groups is 1. The standard InChI is InChI=1S/C35H35F3N6O7S/c1-2-21-4-11-25(40-20-21)14-17-51-26-12-5-22(6-13-26)18-28-32(49)44(33(50)52-28)29(46)19-27(31(48)39-15-3-16-45)41-30(47)23-7-9-24(10-8-23)34(42-43-34)35(36,37)38/h4-13,20,27-28,45H,2-3,14-19H2,1H3,(H,39,48)(H,41,47)/t27-,28?/m1/s1. The first kappa shape index (κ1) is 38.1. The summed E-state index contributed by atoms with van der Waals surface area (Å²) in [6.07, 6.45) is -1.89. The Balaban J connectivity index is 1.18. The van der Waals surface area contributed by atoms with Crippen LogP contribution in [0.1, 0.15) is 52.5 Å². The lowest BCUT2D eigenvalue weighted by molar-refractivity contribution is -0.166. The van der Waals surface area contributed by atoms with Gasteiger partial charge in [0, 0.05) is 42.6 Å². The van der Waals surface area contributed by atoms with Crippen LogP contribution in [0.25, 0.3) is 0 Å². The van der Waals surface area contributed by atoms with Crippen molar-refractivity contribution in [2.75, 3.05) is 19.8 Å². The number of alkyl halides is 3. The van der Waals surface area contributed by atoms with Gasteiger partial charge in [-0.3, -0.25) is 29.0 Å². The molecule has 13 nitrogen and oxygen atoms in total. The predicted molar refractivity (Wildman–Crippen MR) is 181 cm³/mol. The van der Waals surface area contributed by atoms with Gasteiger partial charge >= 0.3 is 11.8 Å². The molecule has 274 valence electrons. The maximum atomic E-state index is 13.4. The first-order valence-electron chi connectivity index (χ1n) is 16.4. The number of rotatable bonds is 16. The van der Waals surface area contributed by atoms with E-state index in [4.69, 9.17) is 9.84 Å². The molecule has 0 radical (unpaired) electrons. The van der Waals surface area contributed by atoms with Crippen LogP contribution in [-0.4, -0.2) is 81.1 Å². The number of ether oxygens (including phenoxy) is 1. The van der Waals surface area contributed by atoms with Gasteiger partial charge in [0.15, 0.2) is 0 Å². The summed E-state index contributed by atoms with van der Waals surface area (Å²) in [7, 11) is 0. The molecule has 0 aliphatic carbocycles. The molecule has 1 unspecified atom stereocenters. The average molecular weight is 741 g/mol. The van der Waals surface area contributed by atoms with E-state index in [2.05, 4.69) is 32.8 Å². The zero-order chi connectivity index (χ0) is 37.5. The smallest absolute Gasteiger partial charge is 0.442 e. The van der Waals surface area contributed by atoms with Gasteiger partial charge in [-0.15, -0.1) is 10.2 Å². The molecule has 2 aliphatic rings. The molecule has 3 N–H and O–H groups in total. The number of thioether (sulfide) groups is 1. The van der Waals surface area contributed by atoms with E-state index >= 15 is 0 Å². The van der Waals surface area contributed by atoms with E-state index in [-0.39, 0.29) is 37.1 Å². The molecule has 3 aromatic rings. The minimum atomic E-state index is -4.77. The minimum Gasteiger partial charge on any atom is -0.493 e. The number of amides is 5. The molecule has 52 heavy (non-hydrogen) atoms. The second kappa shape index (κ2) is 16.5. The van der Waals surface area contributed by atoms with Crippen molar-refractivity contribution in [2.24, 2.45) is 10.2 Å². The molecule has 2 atom stereocenters. The van der Waals surface area contributed by atoms with E-state index in [9.17, 15) is 37.1 Å². The third kappa shape index (κ3) is 9.00. The number of aliphatic hydroxyl groups excluding tert-OH is 1. The summed E-state index contributed by atoms with van der Waals surface area (Å²) in [6, 6.07) is 13.6. The number of carbonyl (C=O) groups is 5. The average Bonchev–Trinajstić information content (AvgIpc) is 3.90. The van der Waals surface area contributed by atoms with Crippen LogP contribution < -0.4 is 15.4 Å². The first-order chi connectivity index (χ1) is 24.8. The number of aromatic nitrogens is 1. The fraction of sp³-hybridized carbons (Fsp3) is 0.371. The van der Waals surface area contributed by atoms with Crippen LogP contribution in [0.2, 0.25) is 0 Å². The Hall–Kier alpha value is -5.16. The molecule has 2 aromatic carbocycles. The minimum absolute atomic E-state index is 0.00943. The van der Waals surface area contributed by atoms with Crippen molar-refractivity contribution in [3.05, 3.63) is 94.8 Å². The number of hydrogen-bond acceptors (Lipinski definition) is 11. The van der Waals surface area contributed by atoms with Crippen molar-refractivity contribution in [3.8, 4) is 5.75 Å². The molecule has 3 heterocycles. The third-order valence-corrected chi connectivity index (χ3v) is 9.35. The largest absolute Gasteiger partial charge is 0.493 e. The number of carbonyl (C=O) groups excluding carboxylic acids is 5. The molecule has 0 bridgehead atoms. The number of pyridine rings is 1. The number of hydrogen-bond donors (Lipinski definition) is 3. The van der Waals surface area contributed by atoms with Gasteiger partial charge in [0.05, 0.1) is 18.3 Å². The number of benzene rings is 2. The van der Waals surface area contributed by atoms with Gasteiger partial charge in [-0.2, -0.15) is 13.2 Å². The van der Waals surface area contributed by atoms with Crippen LogP contribution in [0.4, 0.5) is 18.0 Å². The maximum absolute atomic E-state index is 13.4. The zero-order valence-electron chi connectivity index (χ0n) is 27.9. The monoisotopic (exact) mass is 740 g/mol. The van der Waals surface area contributed by atoms with Crippen molar-refractivity contribution in [3.63, 3.8) is 0 Å². The van der Waals surface area contributed by atoms with Gasteiger partial charge in [-0.1, -0.05) is 49.0 Å². The lowest BCUT2D eigenvalue weighted by Crippen LogP contribution is -2.50. The van der Waals surface area contributed by atoms with Gasteiger partial charge < -0.3 is 20.5 Å². The summed E-state index contributed by atoms with van der Waals surface area (Å²) in [5.41, 5.74) is -0.371. The number of imide groups is 3.